The number of pyridine rings is 1. The molecule has 23 heavy (non-hydrogen) atoms. The molecule has 3 aromatic rings. The fourth-order valence-electron chi connectivity index (χ4n) is 1.98. The number of nitrogens with one attached hydrogen (secondary N) is 1. The zero-order valence-corrected chi connectivity index (χ0v) is 13.6. The first-order valence-electron chi connectivity index (χ1n) is 6.70. The molecule has 0 saturated carbocycles. The van der Waals surface area contributed by atoms with Crippen molar-refractivity contribution in [1.82, 2.24) is 9.97 Å². The summed E-state index contributed by atoms with van der Waals surface area (Å²) in [6, 6.07) is 9.31. The molecule has 0 aliphatic heterocycles. The maximum Gasteiger partial charge on any atom is 0.267 e. The van der Waals surface area contributed by atoms with Crippen LogP contribution in [0.25, 0.3) is 10.7 Å². The number of carbonyl (C=O) groups is 1. The average Bonchev–Trinajstić information content (AvgIpc) is 2.93. The molecule has 3 rings (SSSR count). The maximum atomic E-state index is 13.1. The van der Waals surface area contributed by atoms with E-state index in [0.29, 0.717) is 27.0 Å². The van der Waals surface area contributed by atoms with E-state index < -0.39 is 5.82 Å². The highest BCUT2D eigenvalue weighted by Crippen LogP contribution is 2.28. The lowest BCUT2D eigenvalue weighted by atomic mass is 10.3. The molecule has 0 radical (unpaired) electrons. The van der Waals surface area contributed by atoms with Crippen LogP contribution in [0, 0.1) is 12.7 Å². The summed E-state index contributed by atoms with van der Waals surface area (Å²) in [5.74, 6) is -0.796. The molecule has 2 heterocycles. The summed E-state index contributed by atoms with van der Waals surface area (Å²) in [5.41, 5.74) is 1.66. The Labute approximate surface area is 141 Å². The van der Waals surface area contributed by atoms with Crippen LogP contribution in [0.4, 0.5) is 10.1 Å². The summed E-state index contributed by atoms with van der Waals surface area (Å²) in [7, 11) is 0. The summed E-state index contributed by atoms with van der Waals surface area (Å²) in [6.07, 6.45) is 1.67. The third-order valence-electron chi connectivity index (χ3n) is 3.07. The van der Waals surface area contributed by atoms with Gasteiger partial charge in [0.2, 0.25) is 0 Å². The van der Waals surface area contributed by atoms with E-state index in [1.807, 2.05) is 18.2 Å². The molecule has 0 aliphatic carbocycles. The van der Waals surface area contributed by atoms with E-state index in [9.17, 15) is 9.18 Å². The topological polar surface area (TPSA) is 54.9 Å². The summed E-state index contributed by atoms with van der Waals surface area (Å²) in [5, 5.41) is 3.48. The van der Waals surface area contributed by atoms with Crippen molar-refractivity contribution in [2.75, 3.05) is 5.32 Å². The second-order valence-corrected chi connectivity index (χ2v) is 6.13. The van der Waals surface area contributed by atoms with Crippen LogP contribution >= 0.6 is 22.9 Å². The lowest BCUT2D eigenvalue weighted by Crippen LogP contribution is -2.11. The van der Waals surface area contributed by atoms with Crippen LogP contribution in [0.3, 0.4) is 0 Å². The fraction of sp³-hybridized carbons (Fsp3) is 0.0625. The molecule has 1 aromatic carbocycles. The van der Waals surface area contributed by atoms with Crippen molar-refractivity contribution in [2.45, 2.75) is 6.92 Å². The zero-order chi connectivity index (χ0) is 16.4. The van der Waals surface area contributed by atoms with Gasteiger partial charge < -0.3 is 5.32 Å². The predicted octanol–water partition coefficient (Wildman–Crippen LogP) is 4.56. The van der Waals surface area contributed by atoms with Gasteiger partial charge in [-0.2, -0.15) is 0 Å². The molecule has 1 N–H and O–H groups in total. The Balaban J connectivity index is 1.87. The van der Waals surface area contributed by atoms with Gasteiger partial charge in [0.1, 0.15) is 15.7 Å². The van der Waals surface area contributed by atoms with Gasteiger partial charge >= 0.3 is 0 Å². The van der Waals surface area contributed by atoms with Gasteiger partial charge in [-0.05, 0) is 37.3 Å². The SMILES string of the molecule is Cc1nc(-c2ccccn2)sc1C(=O)Nc1ccc(F)cc1Cl. The highest BCUT2D eigenvalue weighted by Gasteiger charge is 2.17. The Morgan fingerprint density at radius 1 is 1.30 bits per heavy atom. The van der Waals surface area contributed by atoms with Crippen molar-refractivity contribution >= 4 is 34.5 Å². The molecule has 0 spiro atoms. The van der Waals surface area contributed by atoms with E-state index in [2.05, 4.69) is 15.3 Å². The van der Waals surface area contributed by atoms with Crippen LogP contribution in [-0.4, -0.2) is 15.9 Å². The van der Waals surface area contributed by atoms with Gasteiger partial charge in [-0.3, -0.25) is 9.78 Å². The van der Waals surface area contributed by atoms with Gasteiger partial charge in [0, 0.05) is 6.20 Å². The summed E-state index contributed by atoms with van der Waals surface area (Å²) < 4.78 is 13.1. The average molecular weight is 348 g/mol. The predicted molar refractivity (Wildman–Crippen MR) is 89.4 cm³/mol. The van der Waals surface area contributed by atoms with E-state index in [1.54, 1.807) is 13.1 Å². The van der Waals surface area contributed by atoms with Crippen LogP contribution in [0.5, 0.6) is 0 Å². The van der Waals surface area contributed by atoms with Crippen LogP contribution in [0.1, 0.15) is 15.4 Å². The Morgan fingerprint density at radius 2 is 2.13 bits per heavy atom. The third-order valence-corrected chi connectivity index (χ3v) is 4.56. The minimum atomic E-state index is -0.459. The second-order valence-electron chi connectivity index (χ2n) is 4.73. The van der Waals surface area contributed by atoms with Crippen molar-refractivity contribution in [3.8, 4) is 10.7 Å². The van der Waals surface area contributed by atoms with Crippen LogP contribution in [0.15, 0.2) is 42.6 Å². The van der Waals surface area contributed by atoms with Gasteiger partial charge in [-0.25, -0.2) is 9.37 Å². The Bertz CT molecular complexity index is 867. The van der Waals surface area contributed by atoms with Gasteiger partial charge in [-0.15, -0.1) is 11.3 Å². The molecule has 0 fully saturated rings. The number of hydrogen-bond acceptors (Lipinski definition) is 4. The smallest absolute Gasteiger partial charge is 0.267 e. The normalized spacial score (nSPS) is 10.6. The number of nitrogens with zero attached hydrogens (tertiary/aromatic N) is 2. The monoisotopic (exact) mass is 347 g/mol. The molecular weight excluding hydrogens is 337 g/mol. The molecule has 0 bridgehead atoms. The van der Waals surface area contributed by atoms with Crippen molar-refractivity contribution in [3.63, 3.8) is 0 Å². The highest BCUT2D eigenvalue weighted by atomic mass is 35.5. The number of aromatic nitrogens is 2. The van der Waals surface area contributed by atoms with Crippen molar-refractivity contribution in [2.24, 2.45) is 0 Å². The van der Waals surface area contributed by atoms with Crippen LogP contribution in [0.2, 0.25) is 5.02 Å². The fourth-order valence-corrected chi connectivity index (χ4v) is 3.13. The van der Waals surface area contributed by atoms with E-state index >= 15 is 0 Å². The molecule has 4 nitrogen and oxygen atoms in total. The van der Waals surface area contributed by atoms with Crippen molar-refractivity contribution in [1.29, 1.82) is 0 Å². The molecule has 7 heteroatoms. The number of halogens is 2. The summed E-state index contributed by atoms with van der Waals surface area (Å²) >= 11 is 7.17. The van der Waals surface area contributed by atoms with Gasteiger partial charge in [-0.1, -0.05) is 17.7 Å². The highest BCUT2D eigenvalue weighted by molar-refractivity contribution is 7.17. The molecule has 2 aromatic heterocycles. The molecule has 0 unspecified atom stereocenters. The van der Waals surface area contributed by atoms with Crippen molar-refractivity contribution in [3.05, 3.63) is 64.0 Å². The minimum Gasteiger partial charge on any atom is -0.320 e. The Hall–Kier alpha value is -2.31. The molecule has 0 saturated heterocycles. The van der Waals surface area contributed by atoms with Crippen LogP contribution in [-0.2, 0) is 0 Å². The Kier molecular flexibility index (Phi) is 4.36. The first kappa shape index (κ1) is 15.6. The number of hydrogen-bond donors (Lipinski definition) is 1. The molecule has 116 valence electrons. The van der Waals surface area contributed by atoms with Gasteiger partial charge in [0.05, 0.1) is 22.1 Å². The second kappa shape index (κ2) is 6.44. The number of benzene rings is 1. The summed E-state index contributed by atoms with van der Waals surface area (Å²) in [6.45, 7) is 1.75. The van der Waals surface area contributed by atoms with Gasteiger partial charge in [0.15, 0.2) is 0 Å². The maximum absolute atomic E-state index is 13.1. The molecule has 1 amide bonds. The Morgan fingerprint density at radius 3 is 2.83 bits per heavy atom. The quantitative estimate of drug-likeness (QED) is 0.755. The van der Waals surface area contributed by atoms with Crippen LogP contribution < -0.4 is 5.32 Å². The first-order chi connectivity index (χ1) is 11.0. The third kappa shape index (κ3) is 3.38. The zero-order valence-electron chi connectivity index (χ0n) is 12.0. The number of rotatable bonds is 3. The van der Waals surface area contributed by atoms with E-state index in [4.69, 9.17) is 11.6 Å². The lowest BCUT2D eigenvalue weighted by Gasteiger charge is -2.06. The molecule has 0 atom stereocenters. The van der Waals surface area contributed by atoms with Gasteiger partial charge in [0.25, 0.3) is 5.91 Å². The van der Waals surface area contributed by atoms with Crippen molar-refractivity contribution < 1.29 is 9.18 Å². The number of anilines is 1. The standard InChI is InChI=1S/C16H11ClFN3OS/c1-9-14(23-16(20-9)13-4-2-3-7-19-13)15(22)21-12-6-5-10(18)8-11(12)17/h2-8H,1H3,(H,21,22). The largest absolute Gasteiger partial charge is 0.320 e. The lowest BCUT2D eigenvalue weighted by molar-refractivity contribution is 0.103. The molecule has 0 aliphatic rings. The number of aryl methyl sites for hydroxylation is 1. The molecular formula is C16H11ClFN3OS. The van der Waals surface area contributed by atoms with E-state index in [1.165, 1.54) is 23.5 Å². The minimum absolute atomic E-state index is 0.144. The van der Waals surface area contributed by atoms with E-state index in [-0.39, 0.29) is 10.9 Å². The summed E-state index contributed by atoms with van der Waals surface area (Å²) in [4.78, 5) is 21.5. The number of amides is 1. The van der Waals surface area contributed by atoms with E-state index in [0.717, 1.165) is 6.07 Å². The first-order valence-corrected chi connectivity index (χ1v) is 7.89. The number of thiazole rings is 1. The number of carbonyl (C=O) groups excluding carboxylic acids is 1.